The number of hydrogen-bond donors (Lipinski definition) is 1. The van der Waals surface area contributed by atoms with Crippen LogP contribution in [0.5, 0.6) is 5.88 Å². The lowest BCUT2D eigenvalue weighted by molar-refractivity contribution is 0.418. The van der Waals surface area contributed by atoms with E-state index in [0.717, 1.165) is 18.4 Å². The minimum atomic E-state index is -0.100. The molecular formula is C12H13ClN2O2. The average Bonchev–Trinajstić information content (AvgIpc) is 2.60. The number of aromatic nitrogens is 1. The first-order valence-electron chi connectivity index (χ1n) is 5.53. The molecule has 17 heavy (non-hydrogen) atoms. The highest BCUT2D eigenvalue weighted by molar-refractivity contribution is 6.36. The summed E-state index contributed by atoms with van der Waals surface area (Å²) in [4.78, 5) is 10.8. The maximum absolute atomic E-state index is 10.8. The third-order valence-electron chi connectivity index (χ3n) is 2.81. The Morgan fingerprint density at radius 2 is 2.24 bits per heavy atom. The Hall–Kier alpha value is -1.55. The quantitative estimate of drug-likeness (QED) is 0.829. The molecule has 0 amide bonds. The van der Waals surface area contributed by atoms with Crippen LogP contribution < -0.4 is 0 Å². The molecule has 1 aromatic carbocycles. The molecule has 0 bridgehead atoms. The number of nitrogens with zero attached hydrogens (tertiary/aromatic N) is 2. The van der Waals surface area contributed by atoms with Crippen LogP contribution in [-0.2, 0) is 6.54 Å². The smallest absolute Gasteiger partial charge is 0.222 e. The summed E-state index contributed by atoms with van der Waals surface area (Å²) < 4.78 is 1.68. The monoisotopic (exact) mass is 252 g/mol. The van der Waals surface area contributed by atoms with Gasteiger partial charge in [0, 0.05) is 6.54 Å². The highest BCUT2D eigenvalue weighted by Crippen LogP contribution is 2.42. The Kier molecular flexibility index (Phi) is 3.33. The second-order valence-corrected chi connectivity index (χ2v) is 4.31. The molecule has 2 aromatic rings. The van der Waals surface area contributed by atoms with E-state index in [2.05, 4.69) is 12.1 Å². The summed E-state index contributed by atoms with van der Waals surface area (Å²) in [6.45, 7) is 2.71. The third-order valence-corrected chi connectivity index (χ3v) is 3.13. The molecule has 1 heterocycles. The molecule has 5 heteroatoms. The molecular weight excluding hydrogens is 240 g/mol. The van der Waals surface area contributed by atoms with E-state index in [9.17, 15) is 10.0 Å². The van der Waals surface area contributed by atoms with E-state index in [1.54, 1.807) is 16.7 Å². The van der Waals surface area contributed by atoms with Crippen LogP contribution in [0.25, 0.3) is 10.9 Å². The van der Waals surface area contributed by atoms with E-state index in [4.69, 9.17) is 11.6 Å². The fourth-order valence-electron chi connectivity index (χ4n) is 1.95. The summed E-state index contributed by atoms with van der Waals surface area (Å²) in [5.74, 6) is -0.100. The van der Waals surface area contributed by atoms with Crippen LogP contribution in [0.15, 0.2) is 23.4 Å². The number of nitroso groups, excluding NO2 is 1. The lowest BCUT2D eigenvalue weighted by Gasteiger charge is -2.05. The molecule has 0 saturated heterocycles. The van der Waals surface area contributed by atoms with Crippen LogP contribution in [0.1, 0.15) is 19.8 Å². The predicted molar refractivity (Wildman–Crippen MR) is 69.0 cm³/mol. The average molecular weight is 253 g/mol. The Bertz CT molecular complexity index is 563. The van der Waals surface area contributed by atoms with Gasteiger partial charge in [-0.2, -0.15) is 0 Å². The highest BCUT2D eigenvalue weighted by atomic mass is 35.5. The van der Waals surface area contributed by atoms with Crippen molar-refractivity contribution in [3.63, 3.8) is 0 Å². The van der Waals surface area contributed by atoms with Crippen molar-refractivity contribution in [2.24, 2.45) is 5.18 Å². The first-order chi connectivity index (χ1) is 8.20. The van der Waals surface area contributed by atoms with Gasteiger partial charge in [0.25, 0.3) is 0 Å². The van der Waals surface area contributed by atoms with Crippen LogP contribution in [0.2, 0.25) is 5.02 Å². The van der Waals surface area contributed by atoms with Gasteiger partial charge in [-0.3, -0.25) is 0 Å². The topological polar surface area (TPSA) is 54.6 Å². The van der Waals surface area contributed by atoms with Crippen molar-refractivity contribution >= 4 is 28.2 Å². The number of halogens is 1. The molecule has 0 saturated carbocycles. The van der Waals surface area contributed by atoms with Crippen molar-refractivity contribution in [2.45, 2.75) is 26.3 Å². The zero-order chi connectivity index (χ0) is 12.4. The molecule has 0 radical (unpaired) electrons. The normalized spacial score (nSPS) is 10.9. The minimum absolute atomic E-state index is 0.0294. The maximum Gasteiger partial charge on any atom is 0.222 e. The van der Waals surface area contributed by atoms with Gasteiger partial charge in [-0.05, 0) is 23.7 Å². The standard InChI is InChI=1S/C12H13ClN2O2/c1-2-3-7-15-9-6-4-5-8(13)10(9)11(14-17)12(15)16/h4-6,16H,2-3,7H2,1H3. The van der Waals surface area contributed by atoms with E-state index in [1.165, 1.54) is 0 Å². The number of unbranched alkanes of at least 4 members (excludes halogenated alkanes) is 1. The third kappa shape index (κ3) is 1.89. The Morgan fingerprint density at radius 1 is 1.47 bits per heavy atom. The van der Waals surface area contributed by atoms with Gasteiger partial charge in [-0.1, -0.05) is 31.0 Å². The summed E-state index contributed by atoms with van der Waals surface area (Å²) in [7, 11) is 0. The molecule has 2 rings (SSSR count). The van der Waals surface area contributed by atoms with E-state index >= 15 is 0 Å². The van der Waals surface area contributed by atoms with Crippen LogP contribution in [-0.4, -0.2) is 9.67 Å². The number of fused-ring (bicyclic) bond motifs is 1. The summed E-state index contributed by atoms with van der Waals surface area (Å²) in [5.41, 5.74) is 0.778. The summed E-state index contributed by atoms with van der Waals surface area (Å²) >= 11 is 6.04. The van der Waals surface area contributed by atoms with Crippen LogP contribution >= 0.6 is 11.6 Å². The van der Waals surface area contributed by atoms with Gasteiger partial charge in [0.05, 0.1) is 15.9 Å². The SMILES string of the molecule is CCCCn1c(O)c(N=O)c2c(Cl)cccc21. The fourth-order valence-corrected chi connectivity index (χ4v) is 2.21. The molecule has 0 atom stereocenters. The van der Waals surface area contributed by atoms with E-state index < -0.39 is 0 Å². The molecule has 0 aliphatic carbocycles. The Morgan fingerprint density at radius 3 is 2.88 bits per heavy atom. The molecule has 1 aromatic heterocycles. The maximum atomic E-state index is 10.8. The summed E-state index contributed by atoms with van der Waals surface area (Å²) in [6.07, 6.45) is 1.92. The Balaban J connectivity index is 2.71. The lowest BCUT2D eigenvalue weighted by Crippen LogP contribution is -1.96. The largest absolute Gasteiger partial charge is 0.493 e. The van der Waals surface area contributed by atoms with Gasteiger partial charge in [-0.25, -0.2) is 0 Å². The molecule has 1 N–H and O–H groups in total. The number of benzene rings is 1. The van der Waals surface area contributed by atoms with E-state index in [0.29, 0.717) is 17.0 Å². The number of hydrogen-bond acceptors (Lipinski definition) is 3. The Labute approximate surface area is 104 Å². The zero-order valence-corrected chi connectivity index (χ0v) is 10.2. The number of rotatable bonds is 4. The van der Waals surface area contributed by atoms with Crippen LogP contribution in [0, 0.1) is 4.91 Å². The summed E-state index contributed by atoms with van der Waals surface area (Å²) in [5, 5.41) is 13.8. The van der Waals surface area contributed by atoms with Gasteiger partial charge in [0.2, 0.25) is 5.88 Å². The molecule has 90 valence electrons. The van der Waals surface area contributed by atoms with Crippen molar-refractivity contribution in [1.29, 1.82) is 0 Å². The van der Waals surface area contributed by atoms with Crippen LogP contribution in [0.3, 0.4) is 0 Å². The molecule has 0 spiro atoms. The second-order valence-electron chi connectivity index (χ2n) is 3.90. The predicted octanol–water partition coefficient (Wildman–Crippen LogP) is 4.20. The van der Waals surface area contributed by atoms with Crippen molar-refractivity contribution < 1.29 is 5.11 Å². The summed E-state index contributed by atoms with van der Waals surface area (Å²) in [6, 6.07) is 5.30. The number of aryl methyl sites for hydroxylation is 1. The van der Waals surface area contributed by atoms with Crippen molar-refractivity contribution in [3.05, 3.63) is 28.1 Å². The lowest BCUT2D eigenvalue weighted by atomic mass is 10.2. The fraction of sp³-hybridized carbons (Fsp3) is 0.333. The zero-order valence-electron chi connectivity index (χ0n) is 9.48. The van der Waals surface area contributed by atoms with E-state index in [-0.39, 0.29) is 11.6 Å². The first kappa shape index (κ1) is 11.9. The van der Waals surface area contributed by atoms with Gasteiger partial charge >= 0.3 is 0 Å². The number of aromatic hydroxyl groups is 1. The van der Waals surface area contributed by atoms with Gasteiger partial charge in [0.15, 0.2) is 5.69 Å². The molecule has 0 aliphatic rings. The van der Waals surface area contributed by atoms with Gasteiger partial charge in [-0.15, -0.1) is 4.91 Å². The van der Waals surface area contributed by atoms with Gasteiger partial charge < -0.3 is 9.67 Å². The molecule has 0 unspecified atom stereocenters. The van der Waals surface area contributed by atoms with Gasteiger partial charge in [0.1, 0.15) is 0 Å². The van der Waals surface area contributed by atoms with Crippen molar-refractivity contribution in [1.82, 2.24) is 4.57 Å². The minimum Gasteiger partial charge on any atom is -0.493 e. The molecule has 0 aliphatic heterocycles. The highest BCUT2D eigenvalue weighted by Gasteiger charge is 2.19. The van der Waals surface area contributed by atoms with Crippen molar-refractivity contribution in [2.75, 3.05) is 0 Å². The first-order valence-corrected chi connectivity index (χ1v) is 5.91. The second kappa shape index (κ2) is 4.75. The molecule has 4 nitrogen and oxygen atoms in total. The van der Waals surface area contributed by atoms with Crippen LogP contribution in [0.4, 0.5) is 5.69 Å². The molecule has 0 fully saturated rings. The van der Waals surface area contributed by atoms with Crippen molar-refractivity contribution in [3.8, 4) is 5.88 Å². The van der Waals surface area contributed by atoms with E-state index in [1.807, 2.05) is 6.07 Å².